The van der Waals surface area contributed by atoms with Crippen LogP contribution in [0.5, 0.6) is 0 Å². The van der Waals surface area contributed by atoms with E-state index in [0.29, 0.717) is 6.54 Å². The number of nitrogens with one attached hydrogen (secondary N) is 1. The first-order valence-electron chi connectivity index (χ1n) is 4.59. The van der Waals surface area contributed by atoms with Crippen molar-refractivity contribution < 1.29 is 9.53 Å². The molecule has 1 amide bonds. The molecule has 0 heterocycles. The smallest absolute Gasteiger partial charge is 0.407 e. The normalized spacial score (nSPS) is 10.7. The quantitative estimate of drug-likeness (QED) is 0.668. The van der Waals surface area contributed by atoms with Crippen LogP contribution >= 0.6 is 0 Å². The van der Waals surface area contributed by atoms with E-state index in [1.54, 1.807) is 6.08 Å². The standard InChI is InChI=1S/C10H19NO2/c1-5-7-10(3,4)13-9(12)11-8-6-2/h6H,2,5,7-8H2,1,3-4H3,(H,11,12). The Hall–Kier alpha value is -0.990. The third-order valence-corrected chi connectivity index (χ3v) is 1.61. The van der Waals surface area contributed by atoms with Gasteiger partial charge in [0.25, 0.3) is 0 Å². The number of carbonyl (C=O) groups is 1. The van der Waals surface area contributed by atoms with Crippen LogP contribution in [-0.4, -0.2) is 18.2 Å². The molecule has 0 rings (SSSR count). The number of alkyl carbamates (subject to hydrolysis) is 1. The maximum Gasteiger partial charge on any atom is 0.407 e. The van der Waals surface area contributed by atoms with Gasteiger partial charge in [-0.1, -0.05) is 19.4 Å². The molecule has 1 N–H and O–H groups in total. The van der Waals surface area contributed by atoms with Gasteiger partial charge in [0.1, 0.15) is 5.60 Å². The summed E-state index contributed by atoms with van der Waals surface area (Å²) in [5.41, 5.74) is -0.375. The monoisotopic (exact) mass is 185 g/mol. The highest BCUT2D eigenvalue weighted by molar-refractivity contribution is 5.67. The van der Waals surface area contributed by atoms with Crippen LogP contribution in [0.15, 0.2) is 12.7 Å². The largest absolute Gasteiger partial charge is 0.444 e. The maximum atomic E-state index is 11.1. The van der Waals surface area contributed by atoms with Gasteiger partial charge in [0.15, 0.2) is 0 Å². The zero-order chi connectivity index (χ0) is 10.3. The average Bonchev–Trinajstić information content (AvgIpc) is 1.99. The molecule has 0 bridgehead atoms. The first-order chi connectivity index (χ1) is 6.02. The van der Waals surface area contributed by atoms with Gasteiger partial charge in [-0.25, -0.2) is 4.79 Å². The highest BCUT2D eigenvalue weighted by Gasteiger charge is 2.20. The Morgan fingerprint density at radius 2 is 2.23 bits per heavy atom. The van der Waals surface area contributed by atoms with Crippen molar-refractivity contribution in [3.05, 3.63) is 12.7 Å². The summed E-state index contributed by atoms with van der Waals surface area (Å²) in [5, 5.41) is 2.57. The van der Waals surface area contributed by atoms with Crippen LogP contribution in [0.2, 0.25) is 0 Å². The van der Waals surface area contributed by atoms with E-state index in [-0.39, 0.29) is 11.7 Å². The molecule has 0 fully saturated rings. The molecule has 0 aromatic carbocycles. The molecule has 0 aliphatic heterocycles. The van der Waals surface area contributed by atoms with E-state index in [2.05, 4.69) is 18.8 Å². The summed E-state index contributed by atoms with van der Waals surface area (Å²) >= 11 is 0. The Labute approximate surface area is 80.2 Å². The molecular weight excluding hydrogens is 166 g/mol. The Kier molecular flexibility index (Phi) is 5.19. The molecule has 0 saturated carbocycles. The number of carbonyl (C=O) groups excluding carboxylic acids is 1. The SMILES string of the molecule is C=CCNC(=O)OC(C)(C)CCC. The van der Waals surface area contributed by atoms with Crippen LogP contribution in [0.1, 0.15) is 33.6 Å². The molecule has 3 heteroatoms. The molecule has 0 spiro atoms. The second kappa shape index (κ2) is 5.62. The molecule has 76 valence electrons. The summed E-state index contributed by atoms with van der Waals surface area (Å²) in [6.45, 7) is 9.82. The molecule has 0 aromatic rings. The molecule has 0 aromatic heterocycles. The molecule has 3 nitrogen and oxygen atoms in total. The lowest BCUT2D eigenvalue weighted by atomic mass is 10.0. The van der Waals surface area contributed by atoms with Crippen molar-refractivity contribution in [3.63, 3.8) is 0 Å². The average molecular weight is 185 g/mol. The topological polar surface area (TPSA) is 38.3 Å². The number of hydrogen-bond donors (Lipinski definition) is 1. The Morgan fingerprint density at radius 3 is 2.69 bits per heavy atom. The molecule has 0 aliphatic rings. The van der Waals surface area contributed by atoms with Crippen molar-refractivity contribution in [2.24, 2.45) is 0 Å². The fourth-order valence-corrected chi connectivity index (χ4v) is 1.10. The molecule has 0 unspecified atom stereocenters. The Morgan fingerprint density at radius 1 is 1.62 bits per heavy atom. The van der Waals surface area contributed by atoms with Gasteiger partial charge in [0, 0.05) is 6.54 Å². The van der Waals surface area contributed by atoms with E-state index >= 15 is 0 Å². The first-order valence-corrected chi connectivity index (χ1v) is 4.59. The fraction of sp³-hybridized carbons (Fsp3) is 0.700. The number of amides is 1. The van der Waals surface area contributed by atoms with E-state index < -0.39 is 0 Å². The minimum Gasteiger partial charge on any atom is -0.444 e. The summed E-state index contributed by atoms with van der Waals surface area (Å²) in [7, 11) is 0. The van der Waals surface area contributed by atoms with Gasteiger partial charge in [0.05, 0.1) is 0 Å². The van der Waals surface area contributed by atoms with Gasteiger partial charge in [-0.15, -0.1) is 6.58 Å². The fourth-order valence-electron chi connectivity index (χ4n) is 1.10. The second-order valence-electron chi connectivity index (χ2n) is 3.57. The molecule has 13 heavy (non-hydrogen) atoms. The molecule has 0 saturated heterocycles. The van der Waals surface area contributed by atoms with Crippen LogP contribution < -0.4 is 5.32 Å². The minimum atomic E-state index is -0.377. The lowest BCUT2D eigenvalue weighted by Crippen LogP contribution is -2.34. The van der Waals surface area contributed by atoms with E-state index in [1.165, 1.54) is 0 Å². The summed E-state index contributed by atoms with van der Waals surface area (Å²) in [4.78, 5) is 11.1. The summed E-state index contributed by atoms with van der Waals surface area (Å²) in [6.07, 6.45) is 3.11. The van der Waals surface area contributed by atoms with Crippen molar-refractivity contribution in [3.8, 4) is 0 Å². The third kappa shape index (κ3) is 6.20. The van der Waals surface area contributed by atoms with Crippen molar-refractivity contribution in [2.75, 3.05) is 6.54 Å². The minimum absolute atomic E-state index is 0.375. The van der Waals surface area contributed by atoms with E-state index in [9.17, 15) is 4.79 Å². The van der Waals surface area contributed by atoms with Crippen LogP contribution in [0.3, 0.4) is 0 Å². The second-order valence-corrected chi connectivity index (χ2v) is 3.57. The lowest BCUT2D eigenvalue weighted by Gasteiger charge is -2.24. The van der Waals surface area contributed by atoms with Gasteiger partial charge < -0.3 is 10.1 Å². The zero-order valence-electron chi connectivity index (χ0n) is 8.72. The van der Waals surface area contributed by atoms with E-state index in [0.717, 1.165) is 12.8 Å². The predicted octanol–water partition coefficient (Wildman–Crippen LogP) is 2.48. The predicted molar refractivity (Wildman–Crippen MR) is 53.7 cm³/mol. The molecular formula is C10H19NO2. The highest BCUT2D eigenvalue weighted by atomic mass is 16.6. The molecule has 0 aliphatic carbocycles. The number of rotatable bonds is 5. The van der Waals surface area contributed by atoms with Gasteiger partial charge in [0.2, 0.25) is 0 Å². The van der Waals surface area contributed by atoms with Gasteiger partial charge >= 0.3 is 6.09 Å². The number of ether oxygens (including phenoxy) is 1. The van der Waals surface area contributed by atoms with Crippen LogP contribution in [-0.2, 0) is 4.74 Å². The molecule has 0 atom stereocenters. The summed E-state index contributed by atoms with van der Waals surface area (Å²) in [5.74, 6) is 0. The summed E-state index contributed by atoms with van der Waals surface area (Å²) < 4.78 is 5.18. The molecule has 0 radical (unpaired) electrons. The van der Waals surface area contributed by atoms with Crippen LogP contribution in [0.25, 0.3) is 0 Å². The van der Waals surface area contributed by atoms with Crippen molar-refractivity contribution in [1.29, 1.82) is 0 Å². The van der Waals surface area contributed by atoms with E-state index in [1.807, 2.05) is 13.8 Å². The Balaban J connectivity index is 3.81. The van der Waals surface area contributed by atoms with Crippen LogP contribution in [0, 0.1) is 0 Å². The first kappa shape index (κ1) is 12.0. The van der Waals surface area contributed by atoms with Crippen LogP contribution in [0.4, 0.5) is 4.79 Å². The van der Waals surface area contributed by atoms with Gasteiger partial charge in [-0.3, -0.25) is 0 Å². The maximum absolute atomic E-state index is 11.1. The zero-order valence-corrected chi connectivity index (χ0v) is 8.72. The van der Waals surface area contributed by atoms with E-state index in [4.69, 9.17) is 4.74 Å². The highest BCUT2D eigenvalue weighted by Crippen LogP contribution is 2.16. The summed E-state index contributed by atoms with van der Waals surface area (Å²) in [6, 6.07) is 0. The van der Waals surface area contributed by atoms with Gasteiger partial charge in [-0.2, -0.15) is 0 Å². The number of hydrogen-bond acceptors (Lipinski definition) is 2. The Bertz CT molecular complexity index is 176. The van der Waals surface area contributed by atoms with Gasteiger partial charge in [-0.05, 0) is 20.3 Å². The lowest BCUT2D eigenvalue weighted by molar-refractivity contribution is 0.0329. The van der Waals surface area contributed by atoms with Crippen molar-refractivity contribution in [2.45, 2.75) is 39.2 Å². The van der Waals surface area contributed by atoms with Crippen molar-refractivity contribution in [1.82, 2.24) is 5.32 Å². The third-order valence-electron chi connectivity index (χ3n) is 1.61. The van der Waals surface area contributed by atoms with Crippen molar-refractivity contribution >= 4 is 6.09 Å².